The highest BCUT2D eigenvalue weighted by Gasteiger charge is 2.31. The first-order chi connectivity index (χ1) is 9.56. The fourth-order valence-corrected chi connectivity index (χ4v) is 2.39. The SMILES string of the molecule is CC(C)c1cc(C(=O)NCC(C)(C)C(O)C(C)C)n(C)n1. The Bertz CT molecular complexity index is 490. The number of aliphatic hydroxyl groups excluding tert-OH is 1. The molecule has 0 saturated heterocycles. The molecule has 0 saturated carbocycles. The van der Waals surface area contributed by atoms with Crippen molar-refractivity contribution in [2.24, 2.45) is 18.4 Å². The third-order valence-electron chi connectivity index (χ3n) is 3.86. The maximum atomic E-state index is 12.3. The molecule has 1 rings (SSSR count). The van der Waals surface area contributed by atoms with Gasteiger partial charge in [0.2, 0.25) is 0 Å². The lowest BCUT2D eigenvalue weighted by Crippen LogP contribution is -2.43. The molecule has 5 nitrogen and oxygen atoms in total. The summed E-state index contributed by atoms with van der Waals surface area (Å²) in [5.74, 6) is 0.291. The maximum Gasteiger partial charge on any atom is 0.269 e. The number of aryl methyl sites for hydroxylation is 1. The summed E-state index contributed by atoms with van der Waals surface area (Å²) < 4.78 is 1.61. The second-order valence-electron chi connectivity index (χ2n) is 7.09. The standard InChI is InChI=1S/C16H29N3O2/c1-10(2)12-8-13(19(7)18-12)15(21)17-9-16(5,6)14(20)11(3)4/h8,10-11,14,20H,9H2,1-7H3,(H,17,21). The van der Waals surface area contributed by atoms with Crippen LogP contribution in [0.3, 0.4) is 0 Å². The lowest BCUT2D eigenvalue weighted by molar-refractivity contribution is 0.0137. The summed E-state index contributed by atoms with van der Waals surface area (Å²) in [5, 5.41) is 17.5. The third-order valence-corrected chi connectivity index (χ3v) is 3.86. The Morgan fingerprint density at radius 3 is 2.38 bits per heavy atom. The van der Waals surface area contributed by atoms with Crippen LogP contribution >= 0.6 is 0 Å². The summed E-state index contributed by atoms with van der Waals surface area (Å²) in [5.41, 5.74) is 1.08. The van der Waals surface area contributed by atoms with E-state index in [0.29, 0.717) is 12.2 Å². The zero-order valence-corrected chi connectivity index (χ0v) is 14.3. The van der Waals surface area contributed by atoms with E-state index >= 15 is 0 Å². The van der Waals surface area contributed by atoms with Gasteiger partial charge in [-0.2, -0.15) is 5.10 Å². The molecule has 1 aromatic heterocycles. The lowest BCUT2D eigenvalue weighted by atomic mass is 9.80. The first-order valence-corrected chi connectivity index (χ1v) is 7.56. The largest absolute Gasteiger partial charge is 0.392 e. The fraction of sp³-hybridized carbons (Fsp3) is 0.750. The van der Waals surface area contributed by atoms with Crippen LogP contribution in [0.5, 0.6) is 0 Å². The van der Waals surface area contributed by atoms with Crippen molar-refractivity contribution in [1.29, 1.82) is 0 Å². The van der Waals surface area contributed by atoms with Crippen LogP contribution in [0.25, 0.3) is 0 Å². The molecule has 21 heavy (non-hydrogen) atoms. The Kier molecular flexibility index (Phi) is 5.56. The Morgan fingerprint density at radius 1 is 1.38 bits per heavy atom. The van der Waals surface area contributed by atoms with E-state index in [-0.39, 0.29) is 23.2 Å². The molecule has 0 bridgehead atoms. The van der Waals surface area contributed by atoms with E-state index in [4.69, 9.17) is 0 Å². The third kappa shape index (κ3) is 4.30. The monoisotopic (exact) mass is 295 g/mol. The minimum Gasteiger partial charge on any atom is -0.392 e. The van der Waals surface area contributed by atoms with Gasteiger partial charge in [-0.3, -0.25) is 9.48 Å². The van der Waals surface area contributed by atoms with E-state index in [0.717, 1.165) is 5.69 Å². The summed E-state index contributed by atoms with van der Waals surface area (Å²) >= 11 is 0. The van der Waals surface area contributed by atoms with Gasteiger partial charge < -0.3 is 10.4 Å². The van der Waals surface area contributed by atoms with E-state index in [1.165, 1.54) is 0 Å². The molecule has 0 radical (unpaired) electrons. The molecule has 1 unspecified atom stereocenters. The summed E-state index contributed by atoms with van der Waals surface area (Å²) in [6.07, 6.45) is -0.462. The average molecular weight is 295 g/mol. The van der Waals surface area contributed by atoms with Gasteiger partial charge in [0.15, 0.2) is 0 Å². The molecule has 0 aromatic carbocycles. The molecule has 0 spiro atoms. The van der Waals surface area contributed by atoms with E-state index < -0.39 is 6.10 Å². The minimum atomic E-state index is -0.462. The number of aromatic nitrogens is 2. The number of nitrogens with zero attached hydrogens (tertiary/aromatic N) is 2. The van der Waals surface area contributed by atoms with Crippen molar-refractivity contribution in [2.45, 2.75) is 53.6 Å². The summed E-state index contributed by atoms with van der Waals surface area (Å²) in [7, 11) is 1.77. The topological polar surface area (TPSA) is 67.2 Å². The van der Waals surface area contributed by atoms with Crippen LogP contribution in [0.4, 0.5) is 0 Å². The van der Waals surface area contributed by atoms with E-state index in [9.17, 15) is 9.90 Å². The maximum absolute atomic E-state index is 12.3. The number of amides is 1. The molecule has 1 aromatic rings. The Balaban J connectivity index is 2.74. The van der Waals surface area contributed by atoms with Crippen molar-refractivity contribution in [1.82, 2.24) is 15.1 Å². The van der Waals surface area contributed by atoms with Crippen LogP contribution < -0.4 is 5.32 Å². The number of hydrogen-bond donors (Lipinski definition) is 2. The highest BCUT2D eigenvalue weighted by molar-refractivity contribution is 5.92. The van der Waals surface area contributed by atoms with Crippen LogP contribution in [0.15, 0.2) is 6.07 Å². The van der Waals surface area contributed by atoms with Gasteiger partial charge in [0.25, 0.3) is 5.91 Å². The van der Waals surface area contributed by atoms with Gasteiger partial charge in [-0.15, -0.1) is 0 Å². The molecular weight excluding hydrogens is 266 g/mol. The number of hydrogen-bond acceptors (Lipinski definition) is 3. The molecule has 2 N–H and O–H groups in total. The normalized spacial score (nSPS) is 13.8. The van der Waals surface area contributed by atoms with E-state index in [1.54, 1.807) is 11.7 Å². The molecular formula is C16H29N3O2. The molecule has 0 aliphatic carbocycles. The fourth-order valence-electron chi connectivity index (χ4n) is 2.39. The van der Waals surface area contributed by atoms with Gasteiger partial charge in [0.1, 0.15) is 5.69 Å². The molecule has 1 amide bonds. The number of carbonyl (C=O) groups is 1. The van der Waals surface area contributed by atoms with Gasteiger partial charge >= 0.3 is 0 Å². The highest BCUT2D eigenvalue weighted by Crippen LogP contribution is 2.25. The Hall–Kier alpha value is -1.36. The average Bonchev–Trinajstić information content (AvgIpc) is 2.77. The molecule has 120 valence electrons. The first kappa shape index (κ1) is 17.7. The van der Waals surface area contributed by atoms with Crippen LogP contribution in [0.1, 0.15) is 63.6 Å². The van der Waals surface area contributed by atoms with Crippen LogP contribution in [-0.4, -0.2) is 33.4 Å². The van der Waals surface area contributed by atoms with Crippen LogP contribution in [0.2, 0.25) is 0 Å². The van der Waals surface area contributed by atoms with Gasteiger partial charge in [-0.05, 0) is 17.9 Å². The van der Waals surface area contributed by atoms with Crippen LogP contribution in [0, 0.1) is 11.3 Å². The van der Waals surface area contributed by atoms with Crippen molar-refractivity contribution >= 4 is 5.91 Å². The van der Waals surface area contributed by atoms with E-state index in [1.807, 2.05) is 47.6 Å². The molecule has 1 atom stereocenters. The van der Waals surface area contributed by atoms with E-state index in [2.05, 4.69) is 10.4 Å². The Labute approximate surface area is 127 Å². The zero-order chi connectivity index (χ0) is 16.4. The molecule has 1 heterocycles. The van der Waals surface area contributed by atoms with Gasteiger partial charge in [0, 0.05) is 19.0 Å². The van der Waals surface area contributed by atoms with Crippen molar-refractivity contribution < 1.29 is 9.90 Å². The summed E-state index contributed by atoms with van der Waals surface area (Å²) in [6.45, 7) is 12.4. The molecule has 5 heteroatoms. The van der Waals surface area contributed by atoms with Gasteiger partial charge in [0.05, 0.1) is 11.8 Å². The van der Waals surface area contributed by atoms with Crippen molar-refractivity contribution in [2.75, 3.05) is 6.54 Å². The molecule has 0 fully saturated rings. The minimum absolute atomic E-state index is 0.152. The van der Waals surface area contributed by atoms with Crippen molar-refractivity contribution in [3.8, 4) is 0 Å². The number of aliphatic hydroxyl groups is 1. The first-order valence-electron chi connectivity index (χ1n) is 7.56. The van der Waals surface area contributed by atoms with Crippen molar-refractivity contribution in [3.63, 3.8) is 0 Å². The quantitative estimate of drug-likeness (QED) is 0.846. The Morgan fingerprint density at radius 2 is 1.95 bits per heavy atom. The summed E-state index contributed by atoms with van der Waals surface area (Å²) in [6, 6.07) is 1.83. The second kappa shape index (κ2) is 6.60. The van der Waals surface area contributed by atoms with Crippen molar-refractivity contribution in [3.05, 3.63) is 17.5 Å². The number of rotatable bonds is 6. The highest BCUT2D eigenvalue weighted by atomic mass is 16.3. The predicted octanol–water partition coefficient (Wildman–Crippen LogP) is 2.32. The molecule has 0 aliphatic rings. The van der Waals surface area contributed by atoms with Crippen LogP contribution in [-0.2, 0) is 7.05 Å². The number of carbonyl (C=O) groups excluding carboxylic acids is 1. The van der Waals surface area contributed by atoms with Gasteiger partial charge in [-0.25, -0.2) is 0 Å². The second-order valence-corrected chi connectivity index (χ2v) is 7.09. The smallest absolute Gasteiger partial charge is 0.269 e. The summed E-state index contributed by atoms with van der Waals surface area (Å²) in [4.78, 5) is 12.3. The number of nitrogens with one attached hydrogen (secondary N) is 1. The van der Waals surface area contributed by atoms with Gasteiger partial charge in [-0.1, -0.05) is 41.5 Å². The molecule has 0 aliphatic heterocycles. The lowest BCUT2D eigenvalue weighted by Gasteiger charge is -2.33. The zero-order valence-electron chi connectivity index (χ0n) is 14.3. The predicted molar refractivity (Wildman–Crippen MR) is 84.3 cm³/mol.